The number of amides is 1. The highest BCUT2D eigenvalue weighted by molar-refractivity contribution is 5.94. The van der Waals surface area contributed by atoms with Crippen LogP contribution in [0.25, 0.3) is 0 Å². The third-order valence-electron chi connectivity index (χ3n) is 4.71. The van der Waals surface area contributed by atoms with E-state index in [1.165, 1.54) is 5.56 Å². The lowest BCUT2D eigenvalue weighted by Crippen LogP contribution is -2.40. The Kier molecular flexibility index (Phi) is 4.17. The van der Waals surface area contributed by atoms with Crippen molar-refractivity contribution in [1.29, 1.82) is 0 Å². The second kappa shape index (κ2) is 6.61. The van der Waals surface area contributed by atoms with Gasteiger partial charge in [-0.05, 0) is 47.9 Å². The SMILES string of the molecule is O=C(NC1COCC1Cc1ccncc1)c1ccc2c(c1)CCO2. The maximum Gasteiger partial charge on any atom is 0.251 e. The van der Waals surface area contributed by atoms with Gasteiger partial charge in [-0.2, -0.15) is 0 Å². The fourth-order valence-corrected chi connectivity index (χ4v) is 3.36. The first-order valence-electron chi connectivity index (χ1n) is 8.33. The number of fused-ring (bicyclic) bond motifs is 1. The van der Waals surface area contributed by atoms with E-state index in [2.05, 4.69) is 10.3 Å². The van der Waals surface area contributed by atoms with E-state index in [0.29, 0.717) is 25.4 Å². The summed E-state index contributed by atoms with van der Waals surface area (Å²) in [6.07, 6.45) is 5.34. The van der Waals surface area contributed by atoms with Crippen molar-refractivity contribution >= 4 is 5.91 Å². The van der Waals surface area contributed by atoms with E-state index >= 15 is 0 Å². The van der Waals surface area contributed by atoms with Crippen LogP contribution < -0.4 is 10.1 Å². The van der Waals surface area contributed by atoms with E-state index in [4.69, 9.17) is 9.47 Å². The van der Waals surface area contributed by atoms with E-state index in [-0.39, 0.29) is 17.9 Å². The molecule has 124 valence electrons. The topological polar surface area (TPSA) is 60.5 Å². The summed E-state index contributed by atoms with van der Waals surface area (Å²) < 4.78 is 11.1. The Morgan fingerprint density at radius 3 is 2.96 bits per heavy atom. The second-order valence-electron chi connectivity index (χ2n) is 6.36. The number of carbonyl (C=O) groups is 1. The zero-order valence-electron chi connectivity index (χ0n) is 13.4. The Morgan fingerprint density at radius 2 is 2.08 bits per heavy atom. The maximum atomic E-state index is 12.6. The van der Waals surface area contributed by atoms with Crippen LogP contribution in [-0.4, -0.2) is 36.8 Å². The van der Waals surface area contributed by atoms with Crippen LogP contribution in [0.15, 0.2) is 42.7 Å². The van der Waals surface area contributed by atoms with Gasteiger partial charge in [-0.25, -0.2) is 0 Å². The molecule has 4 rings (SSSR count). The number of benzene rings is 1. The summed E-state index contributed by atoms with van der Waals surface area (Å²) in [6, 6.07) is 9.71. The number of rotatable bonds is 4. The van der Waals surface area contributed by atoms with Crippen LogP contribution in [-0.2, 0) is 17.6 Å². The van der Waals surface area contributed by atoms with Crippen LogP contribution in [0, 0.1) is 5.92 Å². The Balaban J connectivity index is 1.43. The minimum Gasteiger partial charge on any atom is -0.493 e. The van der Waals surface area contributed by atoms with E-state index in [1.807, 2.05) is 30.3 Å². The Morgan fingerprint density at radius 1 is 1.21 bits per heavy atom. The molecule has 2 atom stereocenters. The molecule has 0 aliphatic carbocycles. The second-order valence-corrected chi connectivity index (χ2v) is 6.36. The van der Waals surface area contributed by atoms with Crippen LogP contribution >= 0.6 is 0 Å². The number of nitrogens with zero attached hydrogens (tertiary/aromatic N) is 1. The van der Waals surface area contributed by atoms with E-state index in [9.17, 15) is 4.79 Å². The normalized spacial score (nSPS) is 22.0. The minimum absolute atomic E-state index is 0.0372. The molecule has 0 spiro atoms. The van der Waals surface area contributed by atoms with Gasteiger partial charge in [0, 0.05) is 30.3 Å². The van der Waals surface area contributed by atoms with E-state index in [1.54, 1.807) is 12.4 Å². The number of hydrogen-bond donors (Lipinski definition) is 1. The molecule has 3 heterocycles. The van der Waals surface area contributed by atoms with Crippen molar-refractivity contribution < 1.29 is 14.3 Å². The van der Waals surface area contributed by atoms with Crippen molar-refractivity contribution in [3.05, 3.63) is 59.4 Å². The number of hydrogen-bond acceptors (Lipinski definition) is 4. The molecule has 1 saturated heterocycles. The van der Waals surface area contributed by atoms with Gasteiger partial charge in [0.2, 0.25) is 0 Å². The summed E-state index contributed by atoms with van der Waals surface area (Å²) in [7, 11) is 0. The Bertz CT molecular complexity index is 733. The lowest BCUT2D eigenvalue weighted by molar-refractivity contribution is 0.0925. The molecule has 0 saturated carbocycles. The molecule has 1 amide bonds. The van der Waals surface area contributed by atoms with Crippen molar-refractivity contribution in [3.8, 4) is 5.75 Å². The third kappa shape index (κ3) is 3.12. The molecule has 1 aromatic heterocycles. The molecule has 2 aliphatic heterocycles. The van der Waals surface area contributed by atoms with Gasteiger partial charge in [0.15, 0.2) is 0 Å². The molecular formula is C19H20N2O3. The van der Waals surface area contributed by atoms with Gasteiger partial charge >= 0.3 is 0 Å². The van der Waals surface area contributed by atoms with Crippen LogP contribution in [0.5, 0.6) is 5.75 Å². The molecule has 5 nitrogen and oxygen atoms in total. The molecule has 5 heteroatoms. The monoisotopic (exact) mass is 324 g/mol. The molecule has 1 aromatic carbocycles. The predicted octanol–water partition coefficient (Wildman–Crippen LogP) is 2.00. The Labute approximate surface area is 141 Å². The average Bonchev–Trinajstić information content (AvgIpc) is 3.24. The summed E-state index contributed by atoms with van der Waals surface area (Å²) in [5.74, 6) is 1.14. The number of ether oxygens (including phenoxy) is 2. The molecule has 2 aliphatic rings. The van der Waals surface area contributed by atoms with Crippen molar-refractivity contribution in [1.82, 2.24) is 10.3 Å². The highest BCUT2D eigenvalue weighted by atomic mass is 16.5. The zero-order valence-corrected chi connectivity index (χ0v) is 13.4. The van der Waals surface area contributed by atoms with Gasteiger partial charge in [0.1, 0.15) is 5.75 Å². The van der Waals surface area contributed by atoms with E-state index < -0.39 is 0 Å². The summed E-state index contributed by atoms with van der Waals surface area (Å²) in [4.78, 5) is 16.6. The smallest absolute Gasteiger partial charge is 0.251 e. The number of carbonyl (C=O) groups excluding carboxylic acids is 1. The lowest BCUT2D eigenvalue weighted by atomic mass is 9.95. The molecule has 0 bridgehead atoms. The highest BCUT2D eigenvalue weighted by Crippen LogP contribution is 2.26. The first-order valence-corrected chi connectivity index (χ1v) is 8.33. The van der Waals surface area contributed by atoms with Crippen LogP contribution in [0.4, 0.5) is 0 Å². The van der Waals surface area contributed by atoms with Crippen LogP contribution in [0.3, 0.4) is 0 Å². The van der Waals surface area contributed by atoms with Gasteiger partial charge < -0.3 is 14.8 Å². The lowest BCUT2D eigenvalue weighted by Gasteiger charge is -2.19. The number of pyridine rings is 1. The fourth-order valence-electron chi connectivity index (χ4n) is 3.36. The average molecular weight is 324 g/mol. The molecule has 1 fully saturated rings. The summed E-state index contributed by atoms with van der Waals surface area (Å²) in [6.45, 7) is 1.94. The molecular weight excluding hydrogens is 304 g/mol. The summed E-state index contributed by atoms with van der Waals surface area (Å²) in [5, 5.41) is 3.14. The maximum absolute atomic E-state index is 12.6. The number of aromatic nitrogens is 1. The molecule has 24 heavy (non-hydrogen) atoms. The summed E-state index contributed by atoms with van der Waals surface area (Å²) >= 11 is 0. The minimum atomic E-state index is -0.0417. The first kappa shape index (κ1) is 15.1. The van der Waals surface area contributed by atoms with Crippen molar-refractivity contribution in [2.45, 2.75) is 18.9 Å². The predicted molar refractivity (Wildman–Crippen MR) is 89.1 cm³/mol. The van der Waals surface area contributed by atoms with Crippen molar-refractivity contribution in [2.75, 3.05) is 19.8 Å². The molecule has 2 unspecified atom stereocenters. The highest BCUT2D eigenvalue weighted by Gasteiger charge is 2.30. The van der Waals surface area contributed by atoms with Crippen molar-refractivity contribution in [3.63, 3.8) is 0 Å². The zero-order chi connectivity index (χ0) is 16.4. The standard InChI is InChI=1S/C19H20N2O3/c22-19(15-1-2-18-14(10-15)5-8-24-18)21-17-12-23-11-16(17)9-13-3-6-20-7-4-13/h1-4,6-7,10,16-17H,5,8-9,11-12H2,(H,21,22). The van der Waals surface area contributed by atoms with Gasteiger partial charge in [-0.1, -0.05) is 0 Å². The fraction of sp³-hybridized carbons (Fsp3) is 0.368. The quantitative estimate of drug-likeness (QED) is 0.934. The van der Waals surface area contributed by atoms with Gasteiger partial charge in [0.05, 0.1) is 25.9 Å². The number of nitrogens with one attached hydrogen (secondary N) is 1. The van der Waals surface area contributed by atoms with Gasteiger partial charge in [-0.15, -0.1) is 0 Å². The van der Waals surface area contributed by atoms with Crippen LogP contribution in [0.2, 0.25) is 0 Å². The van der Waals surface area contributed by atoms with E-state index in [0.717, 1.165) is 24.2 Å². The Hall–Kier alpha value is -2.40. The largest absolute Gasteiger partial charge is 0.493 e. The molecule has 2 aromatic rings. The van der Waals surface area contributed by atoms with Gasteiger partial charge in [0.25, 0.3) is 5.91 Å². The molecule has 1 N–H and O–H groups in total. The molecule has 0 radical (unpaired) electrons. The van der Waals surface area contributed by atoms with Crippen molar-refractivity contribution in [2.24, 2.45) is 5.92 Å². The first-order chi connectivity index (χ1) is 11.8. The van der Waals surface area contributed by atoms with Gasteiger partial charge in [-0.3, -0.25) is 9.78 Å². The summed E-state index contributed by atoms with van der Waals surface area (Å²) in [5.41, 5.74) is 3.02. The van der Waals surface area contributed by atoms with Crippen LogP contribution in [0.1, 0.15) is 21.5 Å². The third-order valence-corrected chi connectivity index (χ3v) is 4.71.